The molecule has 0 radical (unpaired) electrons. The first-order valence-electron chi connectivity index (χ1n) is 6.96. The smallest absolute Gasteiger partial charge is 0.309 e. The Balaban J connectivity index is 1.87. The third-order valence-corrected chi connectivity index (χ3v) is 3.48. The predicted octanol–water partition coefficient (Wildman–Crippen LogP) is 3.02. The number of hydrogen-bond acceptors (Lipinski definition) is 3. The van der Waals surface area contributed by atoms with Crippen molar-refractivity contribution in [2.45, 2.75) is 25.1 Å². The lowest BCUT2D eigenvalue weighted by atomic mass is 10.1. The molecule has 2 rings (SSSR count). The van der Waals surface area contributed by atoms with E-state index < -0.39 is 30.8 Å². The highest BCUT2D eigenvalue weighted by Gasteiger charge is 2.32. The second-order valence-electron chi connectivity index (χ2n) is 5.34. The predicted molar refractivity (Wildman–Crippen MR) is 70.5 cm³/mol. The highest BCUT2D eigenvalue weighted by molar-refractivity contribution is 5.24. The Kier molecular flexibility index (Phi) is 5.53. The Morgan fingerprint density at radius 3 is 2.30 bits per heavy atom. The number of ether oxygens (including phenoxy) is 1. The molecule has 23 heavy (non-hydrogen) atoms. The van der Waals surface area contributed by atoms with Gasteiger partial charge in [-0.15, -0.1) is 13.2 Å². The van der Waals surface area contributed by atoms with Gasteiger partial charge in [-0.1, -0.05) is 12.1 Å². The maximum absolute atomic E-state index is 12.5. The van der Waals surface area contributed by atoms with Crippen molar-refractivity contribution in [1.82, 2.24) is 10.2 Å². The van der Waals surface area contributed by atoms with Gasteiger partial charge in [-0.2, -0.15) is 13.2 Å². The maximum Gasteiger partial charge on any atom is 0.522 e. The van der Waals surface area contributed by atoms with E-state index in [-0.39, 0.29) is 0 Å². The van der Waals surface area contributed by atoms with Crippen molar-refractivity contribution in [1.29, 1.82) is 0 Å². The molecular weight excluding hydrogens is 326 g/mol. The molecule has 1 aromatic rings. The molecule has 1 aliphatic heterocycles. The number of rotatable bonds is 4. The van der Waals surface area contributed by atoms with E-state index in [0.29, 0.717) is 31.7 Å². The first kappa shape index (κ1) is 18.0. The molecule has 1 aliphatic rings. The fourth-order valence-corrected chi connectivity index (χ4v) is 2.40. The van der Waals surface area contributed by atoms with Crippen molar-refractivity contribution < 1.29 is 31.1 Å². The highest BCUT2D eigenvalue weighted by Crippen LogP contribution is 2.29. The molecule has 1 aromatic carbocycles. The molecule has 0 unspecified atom stereocenters. The zero-order chi connectivity index (χ0) is 17.1. The van der Waals surface area contributed by atoms with E-state index in [4.69, 9.17) is 0 Å². The Labute approximate surface area is 129 Å². The quantitative estimate of drug-likeness (QED) is 0.852. The first-order valence-corrected chi connectivity index (χ1v) is 6.96. The minimum absolute atomic E-state index is 0.330. The molecule has 0 aliphatic carbocycles. The molecule has 9 heteroatoms. The van der Waals surface area contributed by atoms with E-state index >= 15 is 0 Å². The molecule has 1 heterocycles. The minimum atomic E-state index is -4.67. The lowest BCUT2D eigenvalue weighted by Crippen LogP contribution is -2.52. The lowest BCUT2D eigenvalue weighted by molar-refractivity contribution is -0.326. The monoisotopic (exact) mass is 342 g/mol. The van der Waals surface area contributed by atoms with Gasteiger partial charge >= 0.3 is 12.5 Å². The van der Waals surface area contributed by atoms with Gasteiger partial charge in [0.1, 0.15) is 0 Å². The zero-order valence-corrected chi connectivity index (χ0v) is 12.0. The summed E-state index contributed by atoms with van der Waals surface area (Å²) in [6.45, 7) is 1.31. The van der Waals surface area contributed by atoms with Crippen molar-refractivity contribution in [3.63, 3.8) is 0 Å². The number of piperazine rings is 1. The van der Waals surface area contributed by atoms with Crippen molar-refractivity contribution in [2.24, 2.45) is 0 Å². The summed E-state index contributed by atoms with van der Waals surface area (Å²) >= 11 is 0. The molecular formula is C14H16F6N2O. The van der Waals surface area contributed by atoms with Gasteiger partial charge in [0.2, 0.25) is 0 Å². The Bertz CT molecular complexity index is 499. The summed E-state index contributed by atoms with van der Waals surface area (Å²) in [6.07, 6.45) is -9.05. The third kappa shape index (κ3) is 6.00. The van der Waals surface area contributed by atoms with E-state index in [1.807, 2.05) is 4.90 Å². The Morgan fingerprint density at radius 2 is 1.74 bits per heavy atom. The van der Waals surface area contributed by atoms with Crippen LogP contribution in [0.1, 0.15) is 11.1 Å². The first-order chi connectivity index (χ1) is 10.6. The van der Waals surface area contributed by atoms with E-state index in [1.165, 1.54) is 12.1 Å². The average molecular weight is 342 g/mol. The van der Waals surface area contributed by atoms with Crippen LogP contribution in [-0.2, 0) is 17.5 Å². The number of nitrogens with zero attached hydrogens (tertiary/aromatic N) is 1. The van der Waals surface area contributed by atoms with Crippen LogP contribution in [0.4, 0.5) is 26.3 Å². The van der Waals surface area contributed by atoms with Gasteiger partial charge in [-0.05, 0) is 17.7 Å². The van der Waals surface area contributed by atoms with Crippen molar-refractivity contribution in [3.05, 3.63) is 35.4 Å². The standard InChI is InChI=1S/C14H16F6N2O/c15-13(16,17)11-3-1-10(2-4-11)7-22-6-5-21-12(8-22)9-23-14(18,19)20/h1-4,12,21H,5-9H2/t12-/m0/s1. The molecule has 0 aromatic heterocycles. The highest BCUT2D eigenvalue weighted by atomic mass is 19.4. The summed E-state index contributed by atoms with van der Waals surface area (Å²) in [5.41, 5.74) is -0.0478. The number of halogens is 6. The molecule has 0 amide bonds. The van der Waals surface area contributed by atoms with Gasteiger partial charge in [0.05, 0.1) is 12.2 Å². The fraction of sp³-hybridized carbons (Fsp3) is 0.571. The summed E-state index contributed by atoms with van der Waals surface area (Å²) < 4.78 is 77.4. The van der Waals surface area contributed by atoms with Gasteiger partial charge in [0.15, 0.2) is 0 Å². The normalized spacial score (nSPS) is 20.7. The van der Waals surface area contributed by atoms with Gasteiger partial charge < -0.3 is 5.32 Å². The van der Waals surface area contributed by atoms with E-state index in [0.717, 1.165) is 12.1 Å². The molecule has 130 valence electrons. The maximum atomic E-state index is 12.5. The van der Waals surface area contributed by atoms with Crippen molar-refractivity contribution in [2.75, 3.05) is 26.2 Å². The number of alkyl halides is 6. The van der Waals surface area contributed by atoms with Crippen LogP contribution >= 0.6 is 0 Å². The van der Waals surface area contributed by atoms with Crippen LogP contribution in [0.3, 0.4) is 0 Å². The number of benzene rings is 1. The van der Waals surface area contributed by atoms with Crippen molar-refractivity contribution >= 4 is 0 Å². The topological polar surface area (TPSA) is 24.5 Å². The summed E-state index contributed by atoms with van der Waals surface area (Å²) in [4.78, 5) is 1.88. The van der Waals surface area contributed by atoms with E-state index in [9.17, 15) is 26.3 Å². The summed E-state index contributed by atoms with van der Waals surface area (Å²) in [5.74, 6) is 0. The van der Waals surface area contributed by atoms with Crippen LogP contribution in [0.15, 0.2) is 24.3 Å². The van der Waals surface area contributed by atoms with Crippen LogP contribution in [0.25, 0.3) is 0 Å². The van der Waals surface area contributed by atoms with Crippen LogP contribution in [0.5, 0.6) is 0 Å². The molecule has 0 spiro atoms. The van der Waals surface area contributed by atoms with E-state index in [2.05, 4.69) is 10.1 Å². The third-order valence-electron chi connectivity index (χ3n) is 3.48. The average Bonchev–Trinajstić information content (AvgIpc) is 2.44. The number of hydrogen-bond donors (Lipinski definition) is 1. The van der Waals surface area contributed by atoms with E-state index in [1.54, 1.807) is 0 Å². The summed E-state index contributed by atoms with van der Waals surface area (Å²) in [5, 5.41) is 2.92. The SMILES string of the molecule is FC(F)(F)OC[C@@H]1CN(Cc2ccc(C(F)(F)F)cc2)CCN1. The molecule has 1 atom stereocenters. The van der Waals surface area contributed by atoms with Gasteiger partial charge in [0.25, 0.3) is 0 Å². The van der Waals surface area contributed by atoms with Crippen LogP contribution in [0, 0.1) is 0 Å². The lowest BCUT2D eigenvalue weighted by Gasteiger charge is -2.33. The van der Waals surface area contributed by atoms with Gasteiger partial charge in [-0.3, -0.25) is 9.64 Å². The summed E-state index contributed by atoms with van der Waals surface area (Å²) in [7, 11) is 0. The van der Waals surface area contributed by atoms with Crippen LogP contribution in [0.2, 0.25) is 0 Å². The molecule has 3 nitrogen and oxygen atoms in total. The van der Waals surface area contributed by atoms with Gasteiger partial charge in [-0.25, -0.2) is 0 Å². The molecule has 1 fully saturated rings. The van der Waals surface area contributed by atoms with Crippen LogP contribution < -0.4 is 5.32 Å². The fourth-order valence-electron chi connectivity index (χ4n) is 2.40. The van der Waals surface area contributed by atoms with Crippen LogP contribution in [-0.4, -0.2) is 43.5 Å². The molecule has 0 saturated carbocycles. The molecule has 1 saturated heterocycles. The Hall–Kier alpha value is -1.32. The molecule has 0 bridgehead atoms. The van der Waals surface area contributed by atoms with Gasteiger partial charge in [0, 0.05) is 32.2 Å². The molecule has 1 N–H and O–H groups in total. The Morgan fingerprint density at radius 1 is 1.09 bits per heavy atom. The minimum Gasteiger partial charge on any atom is -0.309 e. The largest absolute Gasteiger partial charge is 0.522 e. The number of nitrogens with one attached hydrogen (secondary N) is 1. The second kappa shape index (κ2) is 7.06. The second-order valence-corrected chi connectivity index (χ2v) is 5.34. The van der Waals surface area contributed by atoms with Crippen molar-refractivity contribution in [3.8, 4) is 0 Å². The summed E-state index contributed by atoms with van der Waals surface area (Å²) in [6, 6.07) is 4.29. The zero-order valence-electron chi connectivity index (χ0n) is 12.0.